The Balaban J connectivity index is 0.000000770. The fourth-order valence-corrected chi connectivity index (χ4v) is 1.57. The van der Waals surface area contributed by atoms with Gasteiger partial charge in [0.05, 0.1) is 6.61 Å². The summed E-state index contributed by atoms with van der Waals surface area (Å²) in [5, 5.41) is 0. The average molecular weight is 263 g/mol. The normalized spacial score (nSPS) is 21.4. The molecule has 0 aromatic rings. The third kappa shape index (κ3) is 6.08. The van der Waals surface area contributed by atoms with Crippen LogP contribution in [-0.4, -0.2) is 25.3 Å². The Kier molecular flexibility index (Phi) is 8.26. The zero-order chi connectivity index (χ0) is 13.3. The topological polar surface area (TPSA) is 35.5 Å². The van der Waals surface area contributed by atoms with Gasteiger partial charge in [0, 0.05) is 12.0 Å². The zero-order valence-electron chi connectivity index (χ0n) is 11.0. The van der Waals surface area contributed by atoms with E-state index >= 15 is 0 Å². The summed E-state index contributed by atoms with van der Waals surface area (Å²) < 4.78 is 10.5. The zero-order valence-corrected chi connectivity index (χ0v) is 11.8. The van der Waals surface area contributed by atoms with E-state index in [4.69, 9.17) is 21.1 Å². The van der Waals surface area contributed by atoms with Gasteiger partial charge in [-0.05, 0) is 12.0 Å². The molecule has 1 unspecified atom stereocenters. The van der Waals surface area contributed by atoms with Crippen LogP contribution in [0.2, 0.25) is 0 Å². The minimum Gasteiger partial charge on any atom is -0.463 e. The number of unbranched alkanes of at least 4 members (excludes halogenated alkanes) is 2. The molecule has 4 heteroatoms. The van der Waals surface area contributed by atoms with Crippen LogP contribution in [0.25, 0.3) is 0 Å². The standard InChI is InChI=1S/C11H20O3.C2H3Cl/c1-4-5-6-7-13-9-10(12)14-8-11(9,2)3;1-2-3/h9H,4-8H2,1-3H3;2H,1H2. The molecule has 0 aromatic carbocycles. The lowest BCUT2D eigenvalue weighted by Crippen LogP contribution is -2.33. The number of ether oxygens (including phenoxy) is 2. The highest BCUT2D eigenvalue weighted by Gasteiger charge is 2.44. The molecule has 0 saturated carbocycles. The van der Waals surface area contributed by atoms with E-state index in [1.54, 1.807) is 0 Å². The SMILES string of the molecule is C=CCl.CCCCCOC1C(=O)OCC1(C)C. The highest BCUT2D eigenvalue weighted by molar-refractivity contribution is 6.25. The molecular weight excluding hydrogens is 240 g/mol. The Morgan fingerprint density at radius 2 is 2.18 bits per heavy atom. The summed E-state index contributed by atoms with van der Waals surface area (Å²) in [7, 11) is 0. The number of halogens is 1. The van der Waals surface area contributed by atoms with Gasteiger partial charge >= 0.3 is 5.97 Å². The molecule has 0 radical (unpaired) electrons. The van der Waals surface area contributed by atoms with Gasteiger partial charge in [-0.1, -0.05) is 51.8 Å². The predicted octanol–water partition coefficient (Wildman–Crippen LogP) is 3.51. The van der Waals surface area contributed by atoms with Gasteiger partial charge in [-0.2, -0.15) is 0 Å². The van der Waals surface area contributed by atoms with Crippen molar-refractivity contribution >= 4 is 17.6 Å². The summed E-state index contributed by atoms with van der Waals surface area (Å²) in [6, 6.07) is 0. The summed E-state index contributed by atoms with van der Waals surface area (Å²) in [5.74, 6) is -0.202. The lowest BCUT2D eigenvalue weighted by molar-refractivity contribution is -0.148. The second-order valence-corrected chi connectivity index (χ2v) is 5.02. The predicted molar refractivity (Wildman–Crippen MR) is 70.1 cm³/mol. The molecule has 0 spiro atoms. The number of rotatable bonds is 5. The van der Waals surface area contributed by atoms with Gasteiger partial charge in [-0.25, -0.2) is 4.79 Å². The minimum atomic E-state index is -0.362. The van der Waals surface area contributed by atoms with Crippen molar-refractivity contribution in [1.29, 1.82) is 0 Å². The Morgan fingerprint density at radius 1 is 1.59 bits per heavy atom. The molecule has 1 heterocycles. The van der Waals surface area contributed by atoms with Crippen molar-refractivity contribution in [2.24, 2.45) is 5.41 Å². The smallest absolute Gasteiger partial charge is 0.335 e. The molecule has 17 heavy (non-hydrogen) atoms. The molecule has 1 aliphatic heterocycles. The second-order valence-electron chi connectivity index (χ2n) is 4.71. The maximum atomic E-state index is 11.3. The summed E-state index contributed by atoms with van der Waals surface area (Å²) in [4.78, 5) is 11.3. The van der Waals surface area contributed by atoms with Crippen molar-refractivity contribution in [3.05, 3.63) is 12.1 Å². The molecule has 0 amide bonds. The van der Waals surface area contributed by atoms with E-state index in [1.165, 1.54) is 12.0 Å². The van der Waals surface area contributed by atoms with Crippen LogP contribution in [0.5, 0.6) is 0 Å². The van der Waals surface area contributed by atoms with E-state index in [-0.39, 0.29) is 17.5 Å². The van der Waals surface area contributed by atoms with Gasteiger partial charge in [-0.15, -0.1) is 0 Å². The van der Waals surface area contributed by atoms with Crippen LogP contribution in [0.3, 0.4) is 0 Å². The lowest BCUT2D eigenvalue weighted by Gasteiger charge is -2.21. The van der Waals surface area contributed by atoms with Crippen molar-refractivity contribution in [3.63, 3.8) is 0 Å². The molecule has 0 N–H and O–H groups in total. The summed E-state index contributed by atoms with van der Waals surface area (Å²) in [5.41, 5.74) is 1.06. The first-order chi connectivity index (χ1) is 7.99. The van der Waals surface area contributed by atoms with Gasteiger partial charge in [-0.3, -0.25) is 0 Å². The number of carbonyl (C=O) groups excluding carboxylic acids is 1. The van der Waals surface area contributed by atoms with E-state index in [9.17, 15) is 4.79 Å². The lowest BCUT2D eigenvalue weighted by atomic mass is 9.90. The summed E-state index contributed by atoms with van der Waals surface area (Å²) in [6.45, 7) is 10.4. The second kappa shape index (κ2) is 8.54. The number of carbonyl (C=O) groups is 1. The van der Waals surface area contributed by atoms with Crippen molar-refractivity contribution in [2.45, 2.75) is 46.1 Å². The third-order valence-electron chi connectivity index (χ3n) is 2.54. The first kappa shape index (κ1) is 16.5. The van der Waals surface area contributed by atoms with E-state index in [0.717, 1.165) is 12.8 Å². The Hall–Kier alpha value is -0.540. The van der Waals surface area contributed by atoms with Gasteiger partial charge in [0.15, 0.2) is 6.10 Å². The Bertz CT molecular complexity index is 239. The highest BCUT2D eigenvalue weighted by Crippen LogP contribution is 2.30. The van der Waals surface area contributed by atoms with E-state index in [1.807, 2.05) is 13.8 Å². The molecule has 1 rings (SSSR count). The molecule has 0 aromatic heterocycles. The molecule has 1 saturated heterocycles. The fourth-order valence-electron chi connectivity index (χ4n) is 1.57. The largest absolute Gasteiger partial charge is 0.463 e. The number of hydrogen-bond acceptors (Lipinski definition) is 3. The van der Waals surface area contributed by atoms with Crippen LogP contribution in [-0.2, 0) is 14.3 Å². The van der Waals surface area contributed by atoms with Crippen molar-refractivity contribution in [2.75, 3.05) is 13.2 Å². The molecule has 0 bridgehead atoms. The third-order valence-corrected chi connectivity index (χ3v) is 2.54. The Labute approximate surface area is 109 Å². The fraction of sp³-hybridized carbons (Fsp3) is 0.769. The average Bonchev–Trinajstić information content (AvgIpc) is 2.51. The molecule has 1 fully saturated rings. The quantitative estimate of drug-likeness (QED) is 0.562. The minimum absolute atomic E-state index is 0.163. The van der Waals surface area contributed by atoms with Gasteiger partial charge in [0.1, 0.15) is 0 Å². The first-order valence-corrected chi connectivity index (χ1v) is 6.42. The molecule has 3 nitrogen and oxygen atoms in total. The number of esters is 1. The molecule has 1 aliphatic rings. The van der Waals surface area contributed by atoms with E-state index in [2.05, 4.69) is 13.5 Å². The number of cyclic esters (lactones) is 1. The van der Waals surface area contributed by atoms with E-state index in [0.29, 0.717) is 13.2 Å². The van der Waals surface area contributed by atoms with Crippen LogP contribution >= 0.6 is 11.6 Å². The van der Waals surface area contributed by atoms with Crippen molar-refractivity contribution in [1.82, 2.24) is 0 Å². The highest BCUT2D eigenvalue weighted by atomic mass is 35.5. The van der Waals surface area contributed by atoms with Crippen LogP contribution in [0.4, 0.5) is 0 Å². The molecule has 100 valence electrons. The van der Waals surface area contributed by atoms with Gasteiger partial charge < -0.3 is 9.47 Å². The van der Waals surface area contributed by atoms with Gasteiger partial charge in [0.25, 0.3) is 0 Å². The summed E-state index contributed by atoms with van der Waals surface area (Å²) in [6.07, 6.45) is 2.99. The van der Waals surface area contributed by atoms with Crippen molar-refractivity contribution in [3.8, 4) is 0 Å². The van der Waals surface area contributed by atoms with Crippen LogP contribution < -0.4 is 0 Å². The van der Waals surface area contributed by atoms with Crippen LogP contribution in [0, 0.1) is 5.41 Å². The molecular formula is C13H23ClO3. The molecule has 0 aliphatic carbocycles. The monoisotopic (exact) mass is 262 g/mol. The number of hydrogen-bond donors (Lipinski definition) is 0. The maximum Gasteiger partial charge on any atom is 0.335 e. The first-order valence-electron chi connectivity index (χ1n) is 5.99. The molecule has 1 atom stereocenters. The van der Waals surface area contributed by atoms with Crippen LogP contribution in [0.1, 0.15) is 40.0 Å². The summed E-state index contributed by atoms with van der Waals surface area (Å²) >= 11 is 4.76. The Morgan fingerprint density at radius 3 is 2.59 bits per heavy atom. The van der Waals surface area contributed by atoms with Crippen molar-refractivity contribution < 1.29 is 14.3 Å². The maximum absolute atomic E-state index is 11.3. The van der Waals surface area contributed by atoms with Gasteiger partial charge in [0.2, 0.25) is 0 Å². The van der Waals surface area contributed by atoms with Crippen LogP contribution in [0.15, 0.2) is 12.1 Å². The van der Waals surface area contributed by atoms with E-state index < -0.39 is 0 Å².